The third kappa shape index (κ3) is 6.62. The summed E-state index contributed by atoms with van der Waals surface area (Å²) in [5, 5.41) is 4.51. The summed E-state index contributed by atoms with van der Waals surface area (Å²) in [6, 6.07) is 79.3. The Kier molecular flexibility index (Phi) is 9.31. The van der Waals surface area contributed by atoms with Crippen LogP contribution in [0.4, 0.5) is 0 Å². The lowest BCUT2D eigenvalue weighted by atomic mass is 9.99. The van der Waals surface area contributed by atoms with E-state index in [0.717, 1.165) is 88.2 Å². The Balaban J connectivity index is 1.01. The molecule has 8 heteroatoms. The Morgan fingerprint density at radius 3 is 1.25 bits per heavy atom. The maximum Gasteiger partial charge on any atom is 0.238 e. The molecule has 4 heterocycles. The minimum absolute atomic E-state index is 0.549. The van der Waals surface area contributed by atoms with Gasteiger partial charge in [-0.05, 0) is 53.6 Å². The van der Waals surface area contributed by atoms with E-state index in [4.69, 9.17) is 29.9 Å². The van der Waals surface area contributed by atoms with Gasteiger partial charge < -0.3 is 4.57 Å². The van der Waals surface area contributed by atoms with Gasteiger partial charge in [0.05, 0.1) is 22.1 Å². The molecule has 13 rings (SSSR count). The zero-order valence-electron chi connectivity index (χ0n) is 36.5. The predicted octanol–water partition coefficient (Wildman–Crippen LogP) is 14.3. The van der Waals surface area contributed by atoms with Gasteiger partial charge in [-0.25, -0.2) is 19.9 Å². The van der Waals surface area contributed by atoms with Gasteiger partial charge in [0, 0.05) is 55.0 Å². The summed E-state index contributed by atoms with van der Waals surface area (Å²) in [4.78, 5) is 30.8. The average Bonchev–Trinajstić information content (AvgIpc) is 3.95. The molecule has 0 bridgehead atoms. The third-order valence-corrected chi connectivity index (χ3v) is 12.7. The van der Waals surface area contributed by atoms with Crippen LogP contribution in [0.2, 0.25) is 0 Å². The standard InChI is InChI=1S/C60H38N8/c1-5-19-39(20-6-1)45-27-13-14-29-48(45)59-63-55(40-21-7-2-8-22-40)61-56(64-59)43-33-35-44(36-34-43)67-50-31-17-15-28-46(50)47-37-38-52-53(54(47)67)49-30-16-18-32-51(49)68(52)60-65-57(41-23-9-3-10-24-41)62-58(66-60)42-25-11-4-12-26-42/h1-38H. The maximum absolute atomic E-state index is 5.20. The summed E-state index contributed by atoms with van der Waals surface area (Å²) in [6.07, 6.45) is 0. The minimum Gasteiger partial charge on any atom is -0.309 e. The summed E-state index contributed by atoms with van der Waals surface area (Å²) in [5.41, 5.74) is 11.9. The van der Waals surface area contributed by atoms with Gasteiger partial charge in [-0.15, -0.1) is 0 Å². The molecule has 0 aliphatic heterocycles. The van der Waals surface area contributed by atoms with Crippen LogP contribution in [0.5, 0.6) is 0 Å². The number of aromatic nitrogens is 8. The predicted molar refractivity (Wildman–Crippen MR) is 275 cm³/mol. The van der Waals surface area contributed by atoms with Crippen LogP contribution in [0.15, 0.2) is 231 Å². The number of rotatable bonds is 8. The fraction of sp³-hybridized carbons (Fsp3) is 0. The van der Waals surface area contributed by atoms with Crippen molar-refractivity contribution in [2.75, 3.05) is 0 Å². The Labute approximate surface area is 391 Å². The highest BCUT2D eigenvalue weighted by molar-refractivity contribution is 6.26. The Morgan fingerprint density at radius 1 is 0.250 bits per heavy atom. The molecule has 0 saturated heterocycles. The van der Waals surface area contributed by atoms with Crippen molar-refractivity contribution in [3.8, 4) is 79.7 Å². The van der Waals surface area contributed by atoms with Gasteiger partial charge in [-0.1, -0.05) is 188 Å². The molecule has 0 aliphatic carbocycles. The van der Waals surface area contributed by atoms with E-state index in [1.54, 1.807) is 0 Å². The zero-order valence-corrected chi connectivity index (χ0v) is 36.5. The van der Waals surface area contributed by atoms with E-state index in [-0.39, 0.29) is 0 Å². The minimum atomic E-state index is 0.549. The number of hydrogen-bond acceptors (Lipinski definition) is 6. The van der Waals surface area contributed by atoms with Crippen molar-refractivity contribution in [2.24, 2.45) is 0 Å². The molecule has 318 valence electrons. The lowest BCUT2D eigenvalue weighted by Crippen LogP contribution is -2.06. The van der Waals surface area contributed by atoms with Gasteiger partial charge in [0.1, 0.15) is 0 Å². The van der Waals surface area contributed by atoms with Crippen LogP contribution in [0.25, 0.3) is 123 Å². The lowest BCUT2D eigenvalue weighted by molar-refractivity contribution is 0.953. The van der Waals surface area contributed by atoms with Gasteiger partial charge >= 0.3 is 0 Å². The molecule has 0 N–H and O–H groups in total. The molecule has 0 amide bonds. The summed E-state index contributed by atoms with van der Waals surface area (Å²) < 4.78 is 4.57. The van der Waals surface area contributed by atoms with Gasteiger partial charge in [-0.3, -0.25) is 4.57 Å². The summed E-state index contributed by atoms with van der Waals surface area (Å²) in [5.74, 6) is 3.59. The number of nitrogens with zero attached hydrogens (tertiary/aromatic N) is 8. The number of fused-ring (bicyclic) bond motifs is 7. The van der Waals surface area contributed by atoms with E-state index in [0.29, 0.717) is 35.1 Å². The van der Waals surface area contributed by atoms with E-state index in [1.165, 1.54) is 0 Å². The molecule has 0 spiro atoms. The van der Waals surface area contributed by atoms with Crippen LogP contribution < -0.4 is 0 Å². The number of benzene rings is 9. The second-order valence-electron chi connectivity index (χ2n) is 16.7. The van der Waals surface area contributed by atoms with Crippen LogP contribution in [-0.4, -0.2) is 39.0 Å². The number of hydrogen-bond donors (Lipinski definition) is 0. The van der Waals surface area contributed by atoms with Gasteiger partial charge in [-0.2, -0.15) is 9.97 Å². The third-order valence-electron chi connectivity index (χ3n) is 12.7. The van der Waals surface area contributed by atoms with Crippen molar-refractivity contribution >= 4 is 43.6 Å². The van der Waals surface area contributed by atoms with Crippen LogP contribution in [0.3, 0.4) is 0 Å². The van der Waals surface area contributed by atoms with Crippen molar-refractivity contribution in [1.82, 2.24) is 39.0 Å². The summed E-state index contributed by atoms with van der Waals surface area (Å²) in [7, 11) is 0. The molecule has 13 aromatic rings. The molecule has 68 heavy (non-hydrogen) atoms. The van der Waals surface area contributed by atoms with Crippen LogP contribution in [0, 0.1) is 0 Å². The normalized spacial score (nSPS) is 11.5. The average molecular weight is 871 g/mol. The van der Waals surface area contributed by atoms with Crippen molar-refractivity contribution in [1.29, 1.82) is 0 Å². The van der Waals surface area contributed by atoms with Crippen LogP contribution in [-0.2, 0) is 0 Å². The molecular weight excluding hydrogens is 833 g/mol. The molecule has 0 saturated carbocycles. The largest absolute Gasteiger partial charge is 0.309 e. The smallest absolute Gasteiger partial charge is 0.238 e. The molecule has 0 unspecified atom stereocenters. The SMILES string of the molecule is c1ccc(-c2nc(-c3ccc(-n4c5ccccc5c5ccc6c(c7ccccc7n6-c6nc(-c7ccccc7)nc(-c7ccccc7)n6)c54)cc3)nc(-c3ccccc3-c3ccccc3)n2)cc1. The first-order chi connectivity index (χ1) is 33.7. The molecule has 9 aromatic carbocycles. The fourth-order valence-electron chi connectivity index (χ4n) is 9.54. The van der Waals surface area contributed by atoms with Gasteiger partial charge in [0.25, 0.3) is 0 Å². The molecule has 0 fully saturated rings. The second kappa shape index (κ2) is 16.2. The molecule has 0 aliphatic rings. The first kappa shape index (κ1) is 39.0. The van der Waals surface area contributed by atoms with E-state index in [9.17, 15) is 0 Å². The molecule has 0 radical (unpaired) electrons. The summed E-state index contributed by atoms with van der Waals surface area (Å²) >= 11 is 0. The first-order valence-electron chi connectivity index (χ1n) is 22.6. The maximum atomic E-state index is 5.20. The topological polar surface area (TPSA) is 87.2 Å². The van der Waals surface area contributed by atoms with Crippen molar-refractivity contribution < 1.29 is 0 Å². The van der Waals surface area contributed by atoms with Gasteiger partial charge in [0.2, 0.25) is 5.95 Å². The van der Waals surface area contributed by atoms with Gasteiger partial charge in [0.15, 0.2) is 29.1 Å². The highest BCUT2D eigenvalue weighted by Crippen LogP contribution is 2.42. The van der Waals surface area contributed by atoms with Crippen molar-refractivity contribution in [3.05, 3.63) is 231 Å². The quantitative estimate of drug-likeness (QED) is 0.151. The monoisotopic (exact) mass is 870 g/mol. The Morgan fingerprint density at radius 2 is 0.676 bits per heavy atom. The molecule has 0 atom stereocenters. The summed E-state index contributed by atoms with van der Waals surface area (Å²) in [6.45, 7) is 0. The highest BCUT2D eigenvalue weighted by atomic mass is 15.2. The number of para-hydroxylation sites is 2. The Bertz CT molecular complexity index is 3940. The van der Waals surface area contributed by atoms with Crippen molar-refractivity contribution in [2.45, 2.75) is 0 Å². The fourth-order valence-corrected chi connectivity index (χ4v) is 9.54. The van der Waals surface area contributed by atoms with Crippen LogP contribution in [0.1, 0.15) is 0 Å². The Hall–Kier alpha value is -9.40. The molecular formula is C60H38N8. The highest BCUT2D eigenvalue weighted by Gasteiger charge is 2.23. The van der Waals surface area contributed by atoms with E-state index < -0.39 is 0 Å². The van der Waals surface area contributed by atoms with E-state index >= 15 is 0 Å². The second-order valence-corrected chi connectivity index (χ2v) is 16.7. The van der Waals surface area contributed by atoms with Crippen molar-refractivity contribution in [3.63, 3.8) is 0 Å². The first-order valence-corrected chi connectivity index (χ1v) is 22.6. The van der Waals surface area contributed by atoms with Crippen LogP contribution >= 0.6 is 0 Å². The molecule has 4 aromatic heterocycles. The lowest BCUT2D eigenvalue weighted by Gasteiger charge is -2.13. The van der Waals surface area contributed by atoms with E-state index in [2.05, 4.69) is 137 Å². The zero-order chi connectivity index (χ0) is 45.0. The molecule has 8 nitrogen and oxygen atoms in total. The van der Waals surface area contributed by atoms with E-state index in [1.807, 2.05) is 103 Å².